The molecular weight excluding hydrogens is 270 g/mol. The van der Waals surface area contributed by atoms with Gasteiger partial charge in [0.15, 0.2) is 5.76 Å². The number of amides is 1. The van der Waals surface area contributed by atoms with E-state index in [1.165, 1.54) is 0 Å². The lowest BCUT2D eigenvalue weighted by molar-refractivity contribution is 0.0908. The smallest absolute Gasteiger partial charge is 0.287 e. The lowest BCUT2D eigenvalue weighted by Crippen LogP contribution is -2.26. The molecule has 0 aliphatic carbocycles. The van der Waals surface area contributed by atoms with Crippen molar-refractivity contribution >= 4 is 5.91 Å². The zero-order valence-corrected chi connectivity index (χ0v) is 11.5. The summed E-state index contributed by atoms with van der Waals surface area (Å²) in [5, 5.41) is 6.91. The molecule has 1 atom stereocenters. The molecule has 21 heavy (non-hydrogen) atoms. The molecular formula is C14H15N5O2. The minimum Gasteiger partial charge on any atom is -0.454 e. The highest BCUT2D eigenvalue weighted by atomic mass is 16.4. The van der Waals surface area contributed by atoms with Crippen LogP contribution in [0.3, 0.4) is 0 Å². The summed E-state index contributed by atoms with van der Waals surface area (Å²) in [6, 6.07) is 5.05. The zero-order valence-electron chi connectivity index (χ0n) is 11.5. The normalized spacial score (nSPS) is 12.2. The first-order chi connectivity index (χ1) is 10.2. The molecule has 0 radical (unpaired) electrons. The maximum atomic E-state index is 12.1. The molecule has 0 saturated heterocycles. The first-order valence-electron chi connectivity index (χ1n) is 6.58. The summed E-state index contributed by atoms with van der Waals surface area (Å²) in [5.74, 6) is 1.38. The fourth-order valence-electron chi connectivity index (χ4n) is 1.99. The largest absolute Gasteiger partial charge is 0.454 e. The molecule has 0 saturated carbocycles. The number of hydrogen-bond donors (Lipinski definition) is 2. The number of nitrogens with zero attached hydrogens (tertiary/aromatic N) is 3. The van der Waals surface area contributed by atoms with Crippen LogP contribution in [0.25, 0.3) is 0 Å². The van der Waals surface area contributed by atoms with E-state index in [9.17, 15) is 4.79 Å². The van der Waals surface area contributed by atoms with E-state index in [2.05, 4.69) is 20.4 Å². The molecule has 2 N–H and O–H groups in total. The highest BCUT2D eigenvalue weighted by Gasteiger charge is 2.16. The number of aromatic amines is 1. The Morgan fingerprint density at radius 1 is 1.48 bits per heavy atom. The Hall–Kier alpha value is -2.83. The minimum atomic E-state index is -0.273. The summed E-state index contributed by atoms with van der Waals surface area (Å²) in [6.45, 7) is 2.35. The van der Waals surface area contributed by atoms with Gasteiger partial charge in [-0.1, -0.05) is 0 Å². The van der Waals surface area contributed by atoms with E-state index in [-0.39, 0.29) is 17.7 Å². The van der Waals surface area contributed by atoms with Crippen molar-refractivity contribution in [3.8, 4) is 0 Å². The predicted molar refractivity (Wildman–Crippen MR) is 74.5 cm³/mol. The second-order valence-corrected chi connectivity index (χ2v) is 4.64. The highest BCUT2D eigenvalue weighted by molar-refractivity contribution is 5.91. The van der Waals surface area contributed by atoms with E-state index in [1.54, 1.807) is 35.4 Å². The highest BCUT2D eigenvalue weighted by Crippen LogP contribution is 2.12. The zero-order chi connectivity index (χ0) is 14.7. The molecule has 108 valence electrons. The number of carbonyl (C=O) groups is 1. The molecule has 0 aliphatic heterocycles. The number of rotatable bonds is 5. The summed E-state index contributed by atoms with van der Waals surface area (Å²) in [5.41, 5.74) is 0. The SMILES string of the molecule is CC(NC(=O)c1ccc(Cn2cccn2)o1)c1ncc[nH]1. The van der Waals surface area contributed by atoms with Gasteiger partial charge >= 0.3 is 0 Å². The summed E-state index contributed by atoms with van der Waals surface area (Å²) in [7, 11) is 0. The van der Waals surface area contributed by atoms with Crippen molar-refractivity contribution in [2.75, 3.05) is 0 Å². The molecule has 3 rings (SSSR count). The van der Waals surface area contributed by atoms with Crippen LogP contribution in [0, 0.1) is 0 Å². The Bertz CT molecular complexity index is 700. The average molecular weight is 285 g/mol. The number of furan rings is 1. The molecule has 0 spiro atoms. The molecule has 3 aromatic heterocycles. The molecule has 0 aliphatic rings. The predicted octanol–water partition coefficient (Wildman–Crippen LogP) is 1.74. The maximum Gasteiger partial charge on any atom is 0.287 e. The van der Waals surface area contributed by atoms with Crippen molar-refractivity contribution in [2.24, 2.45) is 0 Å². The minimum absolute atomic E-state index is 0.216. The number of aromatic nitrogens is 4. The summed E-state index contributed by atoms with van der Waals surface area (Å²) in [4.78, 5) is 19.2. The van der Waals surface area contributed by atoms with Gasteiger partial charge in [0.25, 0.3) is 5.91 Å². The van der Waals surface area contributed by atoms with Crippen molar-refractivity contribution in [1.82, 2.24) is 25.1 Å². The third-order valence-corrected chi connectivity index (χ3v) is 3.04. The molecule has 3 aromatic rings. The van der Waals surface area contributed by atoms with Crippen molar-refractivity contribution in [3.05, 3.63) is 60.3 Å². The van der Waals surface area contributed by atoms with Crippen LogP contribution < -0.4 is 5.32 Å². The van der Waals surface area contributed by atoms with Gasteiger partial charge in [-0.15, -0.1) is 0 Å². The van der Waals surface area contributed by atoms with Gasteiger partial charge in [-0.3, -0.25) is 9.48 Å². The second-order valence-electron chi connectivity index (χ2n) is 4.64. The van der Waals surface area contributed by atoms with Crippen molar-refractivity contribution in [1.29, 1.82) is 0 Å². The summed E-state index contributed by atoms with van der Waals surface area (Å²) < 4.78 is 7.26. The molecule has 0 aromatic carbocycles. The first-order valence-corrected chi connectivity index (χ1v) is 6.58. The van der Waals surface area contributed by atoms with Crippen LogP contribution in [0.4, 0.5) is 0 Å². The lowest BCUT2D eigenvalue weighted by Gasteiger charge is -2.09. The fourth-order valence-corrected chi connectivity index (χ4v) is 1.99. The molecule has 0 fully saturated rings. The van der Waals surface area contributed by atoms with Gasteiger partial charge < -0.3 is 14.7 Å². The fraction of sp³-hybridized carbons (Fsp3) is 0.214. The Kier molecular flexibility index (Phi) is 3.55. The van der Waals surface area contributed by atoms with Crippen LogP contribution in [0.2, 0.25) is 0 Å². The van der Waals surface area contributed by atoms with E-state index in [1.807, 2.05) is 19.2 Å². The van der Waals surface area contributed by atoms with Gasteiger partial charge in [-0.25, -0.2) is 4.98 Å². The van der Waals surface area contributed by atoms with E-state index >= 15 is 0 Å². The van der Waals surface area contributed by atoms with Gasteiger partial charge in [0.2, 0.25) is 0 Å². The second kappa shape index (κ2) is 5.66. The number of H-pyrrole nitrogens is 1. The van der Waals surface area contributed by atoms with E-state index in [0.29, 0.717) is 18.1 Å². The topological polar surface area (TPSA) is 88.7 Å². The third kappa shape index (κ3) is 3.02. The Balaban J connectivity index is 1.64. The van der Waals surface area contributed by atoms with Gasteiger partial charge in [0.1, 0.15) is 11.6 Å². The van der Waals surface area contributed by atoms with E-state index in [4.69, 9.17) is 4.42 Å². The van der Waals surface area contributed by atoms with Crippen molar-refractivity contribution < 1.29 is 9.21 Å². The van der Waals surface area contributed by atoms with E-state index < -0.39 is 0 Å². The third-order valence-electron chi connectivity index (χ3n) is 3.04. The lowest BCUT2D eigenvalue weighted by atomic mass is 10.3. The Morgan fingerprint density at radius 2 is 2.38 bits per heavy atom. The van der Waals surface area contributed by atoms with Gasteiger partial charge in [-0.2, -0.15) is 5.10 Å². The summed E-state index contributed by atoms with van der Waals surface area (Å²) >= 11 is 0. The average Bonchev–Trinajstić information content (AvgIpc) is 3.22. The van der Waals surface area contributed by atoms with Crippen LogP contribution in [0.5, 0.6) is 0 Å². The molecule has 1 unspecified atom stereocenters. The van der Waals surface area contributed by atoms with Crippen molar-refractivity contribution in [2.45, 2.75) is 19.5 Å². The molecule has 7 heteroatoms. The number of imidazole rings is 1. The molecule has 0 bridgehead atoms. The monoisotopic (exact) mass is 285 g/mol. The molecule has 7 nitrogen and oxygen atoms in total. The van der Waals surface area contributed by atoms with Crippen molar-refractivity contribution in [3.63, 3.8) is 0 Å². The molecule has 1 amide bonds. The van der Waals surface area contributed by atoms with Crippen LogP contribution in [-0.4, -0.2) is 25.7 Å². The van der Waals surface area contributed by atoms with Gasteiger partial charge in [-0.05, 0) is 25.1 Å². The number of nitrogens with one attached hydrogen (secondary N) is 2. The van der Waals surface area contributed by atoms with Crippen LogP contribution in [-0.2, 0) is 6.54 Å². The Morgan fingerprint density at radius 3 is 3.10 bits per heavy atom. The first kappa shape index (κ1) is 13.2. The number of hydrogen-bond acceptors (Lipinski definition) is 4. The van der Waals surface area contributed by atoms with Crippen LogP contribution >= 0.6 is 0 Å². The quantitative estimate of drug-likeness (QED) is 0.747. The van der Waals surface area contributed by atoms with E-state index in [0.717, 1.165) is 0 Å². The summed E-state index contributed by atoms with van der Waals surface area (Å²) in [6.07, 6.45) is 6.89. The van der Waals surface area contributed by atoms with Gasteiger partial charge in [0, 0.05) is 24.8 Å². The van der Waals surface area contributed by atoms with Gasteiger partial charge in [0.05, 0.1) is 12.6 Å². The Labute approximate surface area is 121 Å². The standard InChI is InChI=1S/C14H15N5O2/c1-10(13-15-6-7-16-13)18-14(20)12-4-3-11(21-12)9-19-8-2-5-17-19/h2-8,10H,9H2,1H3,(H,15,16)(H,18,20). The maximum absolute atomic E-state index is 12.1. The number of carbonyl (C=O) groups excluding carboxylic acids is 1. The van der Waals surface area contributed by atoms with Crippen LogP contribution in [0.1, 0.15) is 35.1 Å². The van der Waals surface area contributed by atoms with Crippen LogP contribution in [0.15, 0.2) is 47.4 Å². The molecule has 3 heterocycles.